The van der Waals surface area contributed by atoms with Crippen LogP contribution in [0.2, 0.25) is 5.02 Å². The molecule has 32 heavy (non-hydrogen) atoms. The van der Waals surface area contributed by atoms with Gasteiger partial charge in [0, 0.05) is 18.6 Å². The van der Waals surface area contributed by atoms with Crippen LogP contribution in [0.3, 0.4) is 0 Å². The summed E-state index contributed by atoms with van der Waals surface area (Å²) in [5.74, 6) is -0.445. The van der Waals surface area contributed by atoms with Crippen LogP contribution >= 0.6 is 11.6 Å². The monoisotopic (exact) mass is 476 g/mol. The second kappa shape index (κ2) is 10.0. The number of sulfonamides is 1. The van der Waals surface area contributed by atoms with Crippen molar-refractivity contribution in [2.75, 3.05) is 25.0 Å². The molecule has 0 aliphatic rings. The lowest BCUT2D eigenvalue weighted by atomic mass is 10.2. The normalized spacial score (nSPS) is 11.1. The molecule has 3 aromatic carbocycles. The number of hydrogen-bond donors (Lipinski definition) is 0. The molecule has 9 heteroatoms. The van der Waals surface area contributed by atoms with Crippen LogP contribution < -0.4 is 9.04 Å². The molecule has 0 unspecified atom stereocenters. The van der Waals surface area contributed by atoms with Gasteiger partial charge >= 0.3 is 0 Å². The van der Waals surface area contributed by atoms with Crippen LogP contribution in [0.15, 0.2) is 77.7 Å². The molecule has 0 saturated carbocycles. The van der Waals surface area contributed by atoms with Crippen molar-refractivity contribution in [3.8, 4) is 5.75 Å². The van der Waals surface area contributed by atoms with E-state index >= 15 is 0 Å². The highest BCUT2D eigenvalue weighted by Crippen LogP contribution is 2.25. The number of likely N-dealkylation sites (N-methyl/N-ethyl adjacent to an activating group) is 1. The van der Waals surface area contributed by atoms with Gasteiger partial charge in [0.1, 0.15) is 18.1 Å². The number of anilines is 1. The van der Waals surface area contributed by atoms with E-state index in [1.165, 1.54) is 48.4 Å². The van der Waals surface area contributed by atoms with Crippen molar-refractivity contribution in [2.24, 2.45) is 0 Å². The number of rotatable bonds is 8. The number of ether oxygens (including phenoxy) is 1. The van der Waals surface area contributed by atoms with Gasteiger partial charge in [-0.05, 0) is 66.2 Å². The van der Waals surface area contributed by atoms with Gasteiger partial charge in [-0.2, -0.15) is 0 Å². The predicted molar refractivity (Wildman–Crippen MR) is 122 cm³/mol. The van der Waals surface area contributed by atoms with Gasteiger partial charge < -0.3 is 9.64 Å². The Hall–Kier alpha value is -3.10. The molecule has 3 aromatic rings. The standard InChI is InChI=1S/C23H22ClFN2O4S/c1-26(15-17-3-5-18(24)6-4-17)23(28)16-27(20-9-7-19(25)8-10-20)32(29,30)22-13-11-21(31-2)12-14-22/h3-14H,15-16H2,1-2H3. The third-order valence-corrected chi connectivity index (χ3v) is 6.84. The van der Waals surface area contributed by atoms with E-state index in [0.717, 1.165) is 22.0 Å². The third-order valence-electron chi connectivity index (χ3n) is 4.80. The Balaban J connectivity index is 1.89. The van der Waals surface area contributed by atoms with Gasteiger partial charge in [0.15, 0.2) is 0 Å². The summed E-state index contributed by atoms with van der Waals surface area (Å²) in [7, 11) is -1.05. The molecule has 1 amide bonds. The maximum Gasteiger partial charge on any atom is 0.264 e. The first-order chi connectivity index (χ1) is 15.2. The fraction of sp³-hybridized carbons (Fsp3) is 0.174. The molecule has 0 spiro atoms. The summed E-state index contributed by atoms with van der Waals surface area (Å²) >= 11 is 5.90. The van der Waals surface area contributed by atoms with Crippen molar-refractivity contribution in [3.05, 3.63) is 89.2 Å². The molecule has 168 valence electrons. The van der Waals surface area contributed by atoms with E-state index in [2.05, 4.69) is 0 Å². The van der Waals surface area contributed by atoms with Crippen LogP contribution in [-0.4, -0.2) is 39.9 Å². The van der Waals surface area contributed by atoms with Crippen molar-refractivity contribution in [1.82, 2.24) is 4.90 Å². The summed E-state index contributed by atoms with van der Waals surface area (Å²) < 4.78 is 46.3. The molecule has 0 bridgehead atoms. The maximum absolute atomic E-state index is 13.4. The zero-order valence-corrected chi connectivity index (χ0v) is 19.1. The summed E-state index contributed by atoms with van der Waals surface area (Å²) in [4.78, 5) is 14.3. The quantitative estimate of drug-likeness (QED) is 0.485. The van der Waals surface area contributed by atoms with Crippen molar-refractivity contribution in [3.63, 3.8) is 0 Å². The summed E-state index contributed by atoms with van der Waals surface area (Å²) in [6, 6.07) is 17.8. The lowest BCUT2D eigenvalue weighted by molar-refractivity contribution is -0.128. The molecule has 0 N–H and O–H groups in total. The number of nitrogens with zero attached hydrogens (tertiary/aromatic N) is 2. The third kappa shape index (κ3) is 5.57. The summed E-state index contributed by atoms with van der Waals surface area (Å²) in [6.07, 6.45) is 0. The predicted octanol–water partition coefficient (Wildman–Crippen LogP) is 4.34. The van der Waals surface area contributed by atoms with Crippen molar-refractivity contribution in [2.45, 2.75) is 11.4 Å². The Morgan fingerprint density at radius 3 is 2.12 bits per heavy atom. The molecular formula is C23H22ClFN2O4S. The zero-order chi connectivity index (χ0) is 23.3. The van der Waals surface area contributed by atoms with Crippen molar-refractivity contribution < 1.29 is 22.3 Å². The summed E-state index contributed by atoms with van der Waals surface area (Å²) in [5.41, 5.74) is 1.02. The minimum Gasteiger partial charge on any atom is -0.497 e. The maximum atomic E-state index is 13.4. The summed E-state index contributed by atoms with van der Waals surface area (Å²) in [5, 5.41) is 0.579. The smallest absolute Gasteiger partial charge is 0.264 e. The average Bonchev–Trinajstić information content (AvgIpc) is 2.79. The lowest BCUT2D eigenvalue weighted by Crippen LogP contribution is -2.41. The molecule has 0 heterocycles. The lowest BCUT2D eigenvalue weighted by Gasteiger charge is -2.27. The average molecular weight is 477 g/mol. The molecule has 0 atom stereocenters. The van der Waals surface area contributed by atoms with Gasteiger partial charge in [-0.15, -0.1) is 0 Å². The van der Waals surface area contributed by atoms with Gasteiger partial charge in [0.2, 0.25) is 5.91 Å². The van der Waals surface area contributed by atoms with Crippen LogP contribution in [-0.2, 0) is 21.4 Å². The SMILES string of the molecule is COc1ccc(S(=O)(=O)N(CC(=O)N(C)Cc2ccc(Cl)cc2)c2ccc(F)cc2)cc1. The van der Waals surface area contributed by atoms with Crippen LogP contribution in [0.5, 0.6) is 5.75 Å². The minimum absolute atomic E-state index is 0.0178. The molecule has 0 fully saturated rings. The highest BCUT2D eigenvalue weighted by atomic mass is 35.5. The highest BCUT2D eigenvalue weighted by molar-refractivity contribution is 7.92. The van der Waals surface area contributed by atoms with E-state index in [4.69, 9.17) is 16.3 Å². The Bertz CT molecular complexity index is 1170. The molecule has 0 aliphatic heterocycles. The number of amides is 1. The van der Waals surface area contributed by atoms with E-state index in [0.29, 0.717) is 10.8 Å². The first kappa shape index (κ1) is 23.6. The van der Waals surface area contributed by atoms with Crippen molar-refractivity contribution in [1.29, 1.82) is 0 Å². The van der Waals surface area contributed by atoms with Gasteiger partial charge in [0.25, 0.3) is 10.0 Å². The zero-order valence-electron chi connectivity index (χ0n) is 17.5. The Morgan fingerprint density at radius 1 is 0.969 bits per heavy atom. The fourth-order valence-corrected chi connectivity index (χ4v) is 4.53. The number of carbonyl (C=O) groups is 1. The topological polar surface area (TPSA) is 66.9 Å². The van der Waals surface area contributed by atoms with E-state index in [9.17, 15) is 17.6 Å². The molecular weight excluding hydrogens is 455 g/mol. The Kier molecular flexibility index (Phi) is 7.37. The fourth-order valence-electron chi connectivity index (χ4n) is 2.99. The van der Waals surface area contributed by atoms with Gasteiger partial charge in [-0.1, -0.05) is 23.7 Å². The molecule has 0 aromatic heterocycles. The van der Waals surface area contributed by atoms with Crippen LogP contribution in [0.1, 0.15) is 5.56 Å². The van der Waals surface area contributed by atoms with E-state index in [1.54, 1.807) is 31.3 Å². The number of halogens is 2. The van der Waals surface area contributed by atoms with E-state index in [1.807, 2.05) is 0 Å². The highest BCUT2D eigenvalue weighted by Gasteiger charge is 2.28. The second-order valence-corrected chi connectivity index (χ2v) is 9.34. The molecule has 6 nitrogen and oxygen atoms in total. The van der Waals surface area contributed by atoms with Gasteiger partial charge in [-0.3, -0.25) is 9.10 Å². The number of hydrogen-bond acceptors (Lipinski definition) is 4. The van der Waals surface area contributed by atoms with Crippen molar-refractivity contribution >= 4 is 33.2 Å². The molecule has 0 aliphatic carbocycles. The second-order valence-electron chi connectivity index (χ2n) is 7.04. The number of methoxy groups -OCH3 is 1. The molecule has 0 saturated heterocycles. The van der Waals surface area contributed by atoms with Crippen LogP contribution in [0, 0.1) is 5.82 Å². The molecule has 0 radical (unpaired) electrons. The number of benzene rings is 3. The van der Waals surface area contributed by atoms with Crippen LogP contribution in [0.25, 0.3) is 0 Å². The largest absolute Gasteiger partial charge is 0.497 e. The first-order valence-corrected chi connectivity index (χ1v) is 11.4. The Labute approximate surface area is 191 Å². The van der Waals surface area contributed by atoms with E-state index < -0.39 is 28.3 Å². The summed E-state index contributed by atoms with van der Waals surface area (Å²) in [6.45, 7) is -0.181. The molecule has 3 rings (SSSR count). The van der Waals surface area contributed by atoms with Gasteiger partial charge in [0.05, 0.1) is 17.7 Å². The minimum atomic E-state index is -4.11. The Morgan fingerprint density at radius 2 is 1.56 bits per heavy atom. The number of carbonyl (C=O) groups excluding carboxylic acids is 1. The first-order valence-electron chi connectivity index (χ1n) is 9.61. The van der Waals surface area contributed by atoms with Crippen LogP contribution in [0.4, 0.5) is 10.1 Å². The van der Waals surface area contributed by atoms with E-state index in [-0.39, 0.29) is 17.1 Å². The van der Waals surface area contributed by atoms with Gasteiger partial charge in [-0.25, -0.2) is 12.8 Å².